The summed E-state index contributed by atoms with van der Waals surface area (Å²) >= 11 is 0. The Kier molecular flexibility index (Phi) is 8.18. The van der Waals surface area contributed by atoms with Crippen LogP contribution in [0.4, 0.5) is 22.0 Å². The van der Waals surface area contributed by atoms with Crippen molar-refractivity contribution < 1.29 is 26.7 Å². The molecule has 1 atom stereocenters. The number of rotatable bonds is 7. The molecule has 24 heavy (non-hydrogen) atoms. The van der Waals surface area contributed by atoms with Gasteiger partial charge in [0, 0.05) is 37.8 Å². The Balaban J connectivity index is 0.00000288. The van der Waals surface area contributed by atoms with Crippen LogP contribution in [0.5, 0.6) is 5.75 Å². The molecule has 2 rings (SSSR count). The second-order valence-corrected chi connectivity index (χ2v) is 5.28. The van der Waals surface area contributed by atoms with Crippen LogP contribution in [-0.4, -0.2) is 50.3 Å². The zero-order chi connectivity index (χ0) is 16.9. The normalized spacial score (nSPS) is 17.4. The van der Waals surface area contributed by atoms with E-state index >= 15 is 0 Å². The van der Waals surface area contributed by atoms with Gasteiger partial charge in [0.15, 0.2) is 0 Å². The van der Waals surface area contributed by atoms with Gasteiger partial charge in [0.25, 0.3) is 0 Å². The lowest BCUT2D eigenvalue weighted by molar-refractivity contribution is -0.253. The summed E-state index contributed by atoms with van der Waals surface area (Å²) in [5.74, 6) is -0.338. The SMILES string of the molecule is Cl.FCC[C@@H](c1ccccc1OC(F)(F)C(F)F)N1CCNCC1. The summed E-state index contributed by atoms with van der Waals surface area (Å²) in [6.07, 6.45) is -8.44. The smallest absolute Gasteiger partial charge is 0.428 e. The lowest BCUT2D eigenvalue weighted by atomic mass is 10.0. The lowest BCUT2D eigenvalue weighted by Crippen LogP contribution is -2.45. The van der Waals surface area contributed by atoms with Gasteiger partial charge in [-0.05, 0) is 12.5 Å². The standard InChI is InChI=1S/C15H19F5N2O.ClH/c16-6-5-12(22-9-7-21-8-10-22)11-3-1-2-4-13(11)23-15(19,20)14(17)18;/h1-4,12,14,21H,5-10H2;1H/t12-;/m0./s1. The van der Waals surface area contributed by atoms with Crippen molar-refractivity contribution in [2.24, 2.45) is 0 Å². The van der Waals surface area contributed by atoms with E-state index in [-0.39, 0.29) is 24.6 Å². The number of benzene rings is 1. The van der Waals surface area contributed by atoms with Crippen LogP contribution in [0.3, 0.4) is 0 Å². The quantitative estimate of drug-likeness (QED) is 0.737. The molecule has 0 unspecified atom stereocenters. The van der Waals surface area contributed by atoms with Crippen molar-refractivity contribution in [1.82, 2.24) is 10.2 Å². The van der Waals surface area contributed by atoms with Crippen molar-refractivity contribution in [2.75, 3.05) is 32.9 Å². The third-order valence-electron chi connectivity index (χ3n) is 3.75. The summed E-state index contributed by atoms with van der Waals surface area (Å²) in [6, 6.07) is 5.24. The number of alkyl halides is 5. The van der Waals surface area contributed by atoms with Crippen LogP contribution in [0.25, 0.3) is 0 Å². The molecule has 1 fully saturated rings. The average molecular weight is 375 g/mol. The molecule has 0 aliphatic carbocycles. The molecule has 1 aliphatic rings. The van der Waals surface area contributed by atoms with E-state index in [9.17, 15) is 22.0 Å². The van der Waals surface area contributed by atoms with Crippen LogP contribution < -0.4 is 10.1 Å². The second-order valence-electron chi connectivity index (χ2n) is 5.28. The maximum atomic E-state index is 13.2. The van der Waals surface area contributed by atoms with Gasteiger partial charge >= 0.3 is 12.5 Å². The first kappa shape index (κ1) is 20.9. The Labute approximate surface area is 143 Å². The van der Waals surface area contributed by atoms with E-state index in [1.165, 1.54) is 18.2 Å². The average Bonchev–Trinajstić information content (AvgIpc) is 2.54. The van der Waals surface area contributed by atoms with Gasteiger partial charge in [-0.2, -0.15) is 17.6 Å². The number of piperazine rings is 1. The molecule has 0 aromatic heterocycles. The molecule has 1 aliphatic heterocycles. The Bertz CT molecular complexity index is 501. The van der Waals surface area contributed by atoms with E-state index in [4.69, 9.17) is 0 Å². The van der Waals surface area contributed by atoms with E-state index < -0.39 is 25.3 Å². The fourth-order valence-corrected chi connectivity index (χ4v) is 2.67. The highest BCUT2D eigenvalue weighted by molar-refractivity contribution is 5.85. The molecule has 1 heterocycles. The van der Waals surface area contributed by atoms with Gasteiger partial charge in [-0.15, -0.1) is 12.4 Å². The van der Waals surface area contributed by atoms with E-state index in [0.717, 1.165) is 0 Å². The summed E-state index contributed by atoms with van der Waals surface area (Å²) in [4.78, 5) is 1.94. The predicted molar refractivity (Wildman–Crippen MR) is 83.0 cm³/mol. The first-order chi connectivity index (χ1) is 11.0. The third kappa shape index (κ3) is 5.19. The molecule has 9 heteroatoms. The zero-order valence-electron chi connectivity index (χ0n) is 12.9. The zero-order valence-corrected chi connectivity index (χ0v) is 13.7. The van der Waals surface area contributed by atoms with E-state index in [2.05, 4.69) is 10.1 Å². The van der Waals surface area contributed by atoms with Crippen molar-refractivity contribution in [3.8, 4) is 5.75 Å². The van der Waals surface area contributed by atoms with Crippen molar-refractivity contribution in [1.29, 1.82) is 0 Å². The first-order valence-corrected chi connectivity index (χ1v) is 7.40. The van der Waals surface area contributed by atoms with Gasteiger partial charge in [0.2, 0.25) is 0 Å². The molecule has 1 aromatic rings. The van der Waals surface area contributed by atoms with Crippen LogP contribution in [0, 0.1) is 0 Å². The molecule has 0 spiro atoms. The largest absolute Gasteiger partial charge is 0.461 e. The third-order valence-corrected chi connectivity index (χ3v) is 3.75. The topological polar surface area (TPSA) is 24.5 Å². The summed E-state index contributed by atoms with van der Waals surface area (Å²) in [7, 11) is 0. The molecule has 1 N–H and O–H groups in total. The van der Waals surface area contributed by atoms with Crippen molar-refractivity contribution in [3.63, 3.8) is 0 Å². The Morgan fingerprint density at radius 3 is 2.38 bits per heavy atom. The summed E-state index contributed by atoms with van der Waals surface area (Å²) < 4.78 is 68.4. The molecule has 0 amide bonds. The van der Waals surface area contributed by atoms with Crippen LogP contribution in [-0.2, 0) is 0 Å². The summed E-state index contributed by atoms with van der Waals surface area (Å²) in [6.45, 7) is 1.97. The molecule has 3 nitrogen and oxygen atoms in total. The maximum Gasteiger partial charge on any atom is 0.461 e. The van der Waals surface area contributed by atoms with Crippen molar-refractivity contribution in [3.05, 3.63) is 29.8 Å². The van der Waals surface area contributed by atoms with Gasteiger partial charge in [-0.25, -0.2) is 0 Å². The molecule has 0 bridgehead atoms. The number of nitrogens with zero attached hydrogens (tertiary/aromatic N) is 1. The van der Waals surface area contributed by atoms with E-state index in [0.29, 0.717) is 31.7 Å². The van der Waals surface area contributed by atoms with E-state index in [1.807, 2.05) is 4.90 Å². The van der Waals surface area contributed by atoms with Crippen LogP contribution in [0.2, 0.25) is 0 Å². The number of para-hydroxylation sites is 1. The number of nitrogens with one attached hydrogen (secondary N) is 1. The predicted octanol–water partition coefficient (Wildman–Crippen LogP) is 3.65. The van der Waals surface area contributed by atoms with Crippen molar-refractivity contribution >= 4 is 12.4 Å². The Hall–Kier alpha value is -1.12. The van der Waals surface area contributed by atoms with E-state index in [1.54, 1.807) is 6.07 Å². The minimum Gasteiger partial charge on any atom is -0.428 e. The molecule has 0 saturated carbocycles. The number of halogens is 6. The molecule has 138 valence electrons. The highest BCUT2D eigenvalue weighted by Crippen LogP contribution is 2.36. The second kappa shape index (κ2) is 9.39. The Morgan fingerprint density at radius 2 is 1.79 bits per heavy atom. The highest BCUT2D eigenvalue weighted by Gasteiger charge is 2.44. The fourth-order valence-electron chi connectivity index (χ4n) is 2.67. The number of ether oxygens (including phenoxy) is 1. The van der Waals surface area contributed by atoms with Gasteiger partial charge in [-0.1, -0.05) is 18.2 Å². The van der Waals surface area contributed by atoms with Crippen molar-refractivity contribution in [2.45, 2.75) is 25.0 Å². The van der Waals surface area contributed by atoms with Crippen LogP contribution in [0.1, 0.15) is 18.0 Å². The van der Waals surface area contributed by atoms with Gasteiger partial charge < -0.3 is 10.1 Å². The molecule has 1 saturated heterocycles. The fraction of sp³-hybridized carbons (Fsp3) is 0.600. The summed E-state index contributed by atoms with van der Waals surface area (Å²) in [5, 5.41) is 3.15. The molecule has 1 aromatic carbocycles. The minimum absolute atomic E-state index is 0. The van der Waals surface area contributed by atoms with Gasteiger partial charge in [0.05, 0.1) is 6.67 Å². The molecule has 0 radical (unpaired) electrons. The number of hydrogen-bond acceptors (Lipinski definition) is 3. The van der Waals surface area contributed by atoms with Crippen LogP contribution >= 0.6 is 12.4 Å². The summed E-state index contributed by atoms with van der Waals surface area (Å²) in [5.41, 5.74) is 0.298. The lowest BCUT2D eigenvalue weighted by Gasteiger charge is -2.35. The highest BCUT2D eigenvalue weighted by atomic mass is 35.5. The molecular weight excluding hydrogens is 355 g/mol. The van der Waals surface area contributed by atoms with Gasteiger partial charge in [0.1, 0.15) is 5.75 Å². The monoisotopic (exact) mass is 374 g/mol. The number of hydrogen-bond donors (Lipinski definition) is 1. The maximum absolute atomic E-state index is 13.2. The first-order valence-electron chi connectivity index (χ1n) is 7.40. The minimum atomic E-state index is -4.58. The van der Waals surface area contributed by atoms with Gasteiger partial charge in [-0.3, -0.25) is 9.29 Å². The molecular formula is C15H20ClF5N2O. The van der Waals surface area contributed by atoms with Crippen LogP contribution in [0.15, 0.2) is 24.3 Å². The Morgan fingerprint density at radius 1 is 1.17 bits per heavy atom.